The maximum Gasteiger partial charge on any atom is 0.152 e. The zero-order valence-corrected chi connectivity index (χ0v) is 8.89. The molecule has 0 heterocycles. The molecule has 0 radical (unpaired) electrons. The third kappa shape index (κ3) is 2.20. The van der Waals surface area contributed by atoms with E-state index in [1.165, 1.54) is 0 Å². The summed E-state index contributed by atoms with van der Waals surface area (Å²) in [5.41, 5.74) is 0.824. The van der Waals surface area contributed by atoms with E-state index in [1.54, 1.807) is 18.3 Å². The number of halogens is 2. The van der Waals surface area contributed by atoms with E-state index in [2.05, 4.69) is 4.99 Å². The van der Waals surface area contributed by atoms with E-state index < -0.39 is 0 Å². The Morgan fingerprint density at radius 1 is 1.29 bits per heavy atom. The SMILES string of the molecule is Oc1c(Cl)cc(C=NC2CC2)cc1Cl. The molecule has 0 amide bonds. The van der Waals surface area contributed by atoms with E-state index in [-0.39, 0.29) is 15.8 Å². The second-order valence-corrected chi connectivity index (χ2v) is 4.16. The van der Waals surface area contributed by atoms with Gasteiger partial charge in [-0.25, -0.2) is 0 Å². The summed E-state index contributed by atoms with van der Waals surface area (Å²) in [6.45, 7) is 0. The quantitative estimate of drug-likeness (QED) is 0.777. The van der Waals surface area contributed by atoms with Gasteiger partial charge in [-0.3, -0.25) is 4.99 Å². The molecule has 0 aliphatic heterocycles. The van der Waals surface area contributed by atoms with Gasteiger partial charge in [0.15, 0.2) is 5.75 Å². The normalized spacial score (nSPS) is 16.4. The average Bonchev–Trinajstić information content (AvgIpc) is 2.94. The molecule has 1 aromatic carbocycles. The lowest BCUT2D eigenvalue weighted by molar-refractivity contribution is 0.476. The molecule has 0 atom stereocenters. The van der Waals surface area contributed by atoms with Crippen LogP contribution in [0.3, 0.4) is 0 Å². The molecule has 1 aliphatic rings. The Morgan fingerprint density at radius 3 is 2.36 bits per heavy atom. The number of aromatic hydroxyl groups is 1. The standard InChI is InChI=1S/C10H9Cl2NO/c11-8-3-6(4-9(12)10(8)14)5-13-7-1-2-7/h3-5,7,14H,1-2H2. The molecule has 14 heavy (non-hydrogen) atoms. The van der Waals surface area contributed by atoms with Crippen LogP contribution in [0.25, 0.3) is 0 Å². The Labute approximate surface area is 92.2 Å². The maximum atomic E-state index is 9.31. The first-order valence-corrected chi connectivity index (χ1v) is 5.13. The summed E-state index contributed by atoms with van der Waals surface area (Å²) < 4.78 is 0. The van der Waals surface area contributed by atoms with E-state index in [0.29, 0.717) is 6.04 Å². The molecule has 2 nitrogen and oxygen atoms in total. The van der Waals surface area contributed by atoms with E-state index in [0.717, 1.165) is 18.4 Å². The van der Waals surface area contributed by atoms with Gasteiger partial charge in [0.1, 0.15) is 0 Å². The van der Waals surface area contributed by atoms with E-state index in [1.807, 2.05) is 0 Å². The van der Waals surface area contributed by atoms with Crippen molar-refractivity contribution >= 4 is 29.4 Å². The van der Waals surface area contributed by atoms with Gasteiger partial charge in [-0.05, 0) is 30.5 Å². The second kappa shape index (κ2) is 3.79. The fraction of sp³-hybridized carbons (Fsp3) is 0.300. The van der Waals surface area contributed by atoms with Crippen LogP contribution in [0.4, 0.5) is 0 Å². The largest absolute Gasteiger partial charge is 0.505 e. The van der Waals surface area contributed by atoms with Gasteiger partial charge < -0.3 is 5.11 Å². The molecule has 0 bridgehead atoms. The van der Waals surface area contributed by atoms with Crippen LogP contribution in [0, 0.1) is 0 Å². The molecule has 0 unspecified atom stereocenters. The molecule has 2 rings (SSSR count). The maximum absolute atomic E-state index is 9.31. The molecule has 1 aliphatic carbocycles. The van der Waals surface area contributed by atoms with Crippen LogP contribution >= 0.6 is 23.2 Å². The fourth-order valence-corrected chi connectivity index (χ4v) is 1.58. The van der Waals surface area contributed by atoms with Gasteiger partial charge in [-0.15, -0.1) is 0 Å². The average molecular weight is 230 g/mol. The zero-order chi connectivity index (χ0) is 10.1. The summed E-state index contributed by atoms with van der Waals surface area (Å²) in [6, 6.07) is 3.77. The molecule has 74 valence electrons. The summed E-state index contributed by atoms with van der Waals surface area (Å²) in [5, 5.41) is 9.83. The first-order chi connectivity index (χ1) is 6.66. The molecular weight excluding hydrogens is 221 g/mol. The Kier molecular flexibility index (Phi) is 2.66. The van der Waals surface area contributed by atoms with Crippen molar-refractivity contribution in [3.05, 3.63) is 27.7 Å². The minimum atomic E-state index is -0.0723. The number of hydrogen-bond donors (Lipinski definition) is 1. The summed E-state index contributed by atoms with van der Waals surface area (Å²) in [7, 11) is 0. The molecular formula is C10H9Cl2NO. The minimum Gasteiger partial charge on any atom is -0.505 e. The third-order valence-corrected chi connectivity index (χ3v) is 2.60. The zero-order valence-electron chi connectivity index (χ0n) is 7.37. The van der Waals surface area contributed by atoms with Crippen LogP contribution in [0.2, 0.25) is 10.0 Å². The smallest absolute Gasteiger partial charge is 0.152 e. The molecule has 0 aromatic heterocycles. The molecule has 1 N–H and O–H groups in total. The van der Waals surface area contributed by atoms with Crippen molar-refractivity contribution in [2.75, 3.05) is 0 Å². The van der Waals surface area contributed by atoms with E-state index in [4.69, 9.17) is 23.2 Å². The molecule has 0 saturated heterocycles. The van der Waals surface area contributed by atoms with Gasteiger partial charge >= 0.3 is 0 Å². The van der Waals surface area contributed by atoms with Crippen LogP contribution in [-0.4, -0.2) is 17.4 Å². The van der Waals surface area contributed by atoms with Gasteiger partial charge in [-0.2, -0.15) is 0 Å². The monoisotopic (exact) mass is 229 g/mol. The van der Waals surface area contributed by atoms with Crippen molar-refractivity contribution in [3.63, 3.8) is 0 Å². The molecule has 1 fully saturated rings. The van der Waals surface area contributed by atoms with Crippen LogP contribution in [0.15, 0.2) is 17.1 Å². The summed E-state index contributed by atoms with van der Waals surface area (Å²) in [4.78, 5) is 4.29. The van der Waals surface area contributed by atoms with Crippen LogP contribution < -0.4 is 0 Å². The Morgan fingerprint density at radius 2 is 1.86 bits per heavy atom. The number of nitrogens with zero attached hydrogens (tertiary/aromatic N) is 1. The van der Waals surface area contributed by atoms with Crippen LogP contribution in [-0.2, 0) is 0 Å². The van der Waals surface area contributed by atoms with Crippen LogP contribution in [0.5, 0.6) is 5.75 Å². The Bertz CT molecular complexity index is 363. The first-order valence-electron chi connectivity index (χ1n) is 4.38. The van der Waals surface area contributed by atoms with E-state index >= 15 is 0 Å². The van der Waals surface area contributed by atoms with Crippen molar-refractivity contribution in [2.24, 2.45) is 4.99 Å². The van der Waals surface area contributed by atoms with Gasteiger partial charge in [0.05, 0.1) is 16.1 Å². The summed E-state index contributed by atoms with van der Waals surface area (Å²) in [6.07, 6.45) is 4.07. The lowest BCUT2D eigenvalue weighted by atomic mass is 10.2. The number of benzene rings is 1. The number of phenols is 1. The lowest BCUT2D eigenvalue weighted by Crippen LogP contribution is -1.84. The Hall–Kier alpha value is -0.730. The number of phenolic OH excluding ortho intramolecular Hbond substituents is 1. The Balaban J connectivity index is 2.25. The summed E-state index contributed by atoms with van der Waals surface area (Å²) in [5.74, 6) is -0.0723. The van der Waals surface area contributed by atoms with Gasteiger partial charge in [-0.1, -0.05) is 23.2 Å². The van der Waals surface area contributed by atoms with Crippen molar-refractivity contribution in [1.29, 1.82) is 0 Å². The predicted octanol–water partition coefficient (Wildman–Crippen LogP) is 3.28. The fourth-order valence-electron chi connectivity index (χ4n) is 1.07. The number of aliphatic imine (C=N–C) groups is 1. The number of rotatable bonds is 2. The molecule has 0 spiro atoms. The van der Waals surface area contributed by atoms with Crippen molar-refractivity contribution < 1.29 is 5.11 Å². The van der Waals surface area contributed by atoms with Gasteiger partial charge in [0, 0.05) is 6.21 Å². The lowest BCUT2D eigenvalue weighted by Gasteiger charge is -2.00. The minimum absolute atomic E-state index is 0.0723. The molecule has 1 saturated carbocycles. The van der Waals surface area contributed by atoms with Crippen molar-refractivity contribution in [1.82, 2.24) is 0 Å². The van der Waals surface area contributed by atoms with E-state index in [9.17, 15) is 5.11 Å². The van der Waals surface area contributed by atoms with Crippen LogP contribution in [0.1, 0.15) is 18.4 Å². The van der Waals surface area contributed by atoms with Gasteiger partial charge in [0.25, 0.3) is 0 Å². The topological polar surface area (TPSA) is 32.6 Å². The van der Waals surface area contributed by atoms with Gasteiger partial charge in [0.2, 0.25) is 0 Å². The van der Waals surface area contributed by atoms with Crippen molar-refractivity contribution in [3.8, 4) is 5.75 Å². The second-order valence-electron chi connectivity index (χ2n) is 3.34. The number of hydrogen-bond acceptors (Lipinski definition) is 2. The highest BCUT2D eigenvalue weighted by Gasteiger charge is 2.18. The predicted molar refractivity (Wildman–Crippen MR) is 58.7 cm³/mol. The third-order valence-electron chi connectivity index (χ3n) is 2.02. The summed E-state index contributed by atoms with van der Waals surface area (Å²) >= 11 is 11.5. The molecule has 4 heteroatoms. The van der Waals surface area contributed by atoms with Crippen molar-refractivity contribution in [2.45, 2.75) is 18.9 Å². The highest BCUT2D eigenvalue weighted by atomic mass is 35.5. The first kappa shape index (κ1) is 9.81. The highest BCUT2D eigenvalue weighted by molar-refractivity contribution is 6.37. The highest BCUT2D eigenvalue weighted by Crippen LogP contribution is 2.32. The molecule has 1 aromatic rings.